The Hall–Kier alpha value is -1.80. The van der Waals surface area contributed by atoms with Gasteiger partial charge in [-0.3, -0.25) is 0 Å². The number of benzene rings is 2. The molecule has 0 aliphatic carbocycles. The molecule has 0 spiro atoms. The van der Waals surface area contributed by atoms with Gasteiger partial charge in [0.25, 0.3) is 0 Å². The van der Waals surface area contributed by atoms with Crippen LogP contribution in [0.15, 0.2) is 54.6 Å². The predicted molar refractivity (Wildman–Crippen MR) is 59.5 cm³/mol. The normalized spacial score (nSPS) is 9.93. The van der Waals surface area contributed by atoms with E-state index in [2.05, 4.69) is 17.0 Å². The second-order valence-electron chi connectivity index (χ2n) is 3.14. The Bertz CT molecular complexity index is 406. The first-order valence-electron chi connectivity index (χ1n) is 4.76. The van der Waals surface area contributed by atoms with Crippen LogP contribution >= 0.6 is 0 Å². The SMILES string of the molecule is COOc1ccc(-c2ccccc2)cc1. The van der Waals surface area contributed by atoms with Gasteiger partial charge in [0.15, 0.2) is 5.75 Å². The quantitative estimate of drug-likeness (QED) is 0.559. The topological polar surface area (TPSA) is 18.5 Å². The van der Waals surface area contributed by atoms with Crippen molar-refractivity contribution in [3.63, 3.8) is 0 Å². The zero-order valence-corrected chi connectivity index (χ0v) is 8.51. The fraction of sp³-hybridized carbons (Fsp3) is 0.0769. The average Bonchev–Trinajstić information content (AvgIpc) is 2.32. The van der Waals surface area contributed by atoms with Crippen molar-refractivity contribution in [2.45, 2.75) is 0 Å². The van der Waals surface area contributed by atoms with E-state index in [4.69, 9.17) is 4.89 Å². The van der Waals surface area contributed by atoms with Crippen molar-refractivity contribution in [1.82, 2.24) is 0 Å². The molecule has 2 aromatic rings. The van der Waals surface area contributed by atoms with Crippen molar-refractivity contribution in [2.24, 2.45) is 0 Å². The molecule has 0 fully saturated rings. The molecule has 0 aliphatic heterocycles. The van der Waals surface area contributed by atoms with E-state index in [1.54, 1.807) is 0 Å². The summed E-state index contributed by atoms with van der Waals surface area (Å²) in [5.41, 5.74) is 2.36. The van der Waals surface area contributed by atoms with E-state index >= 15 is 0 Å². The van der Waals surface area contributed by atoms with Crippen LogP contribution in [-0.2, 0) is 4.89 Å². The monoisotopic (exact) mass is 200 g/mol. The second-order valence-corrected chi connectivity index (χ2v) is 3.14. The lowest BCUT2D eigenvalue weighted by atomic mass is 10.1. The van der Waals surface area contributed by atoms with Crippen LogP contribution in [0, 0.1) is 0 Å². The van der Waals surface area contributed by atoms with Crippen LogP contribution in [-0.4, -0.2) is 7.11 Å². The first-order chi connectivity index (χ1) is 7.40. The molecule has 2 aromatic carbocycles. The summed E-state index contributed by atoms with van der Waals surface area (Å²) in [6.45, 7) is 0. The third-order valence-electron chi connectivity index (χ3n) is 2.14. The van der Waals surface area contributed by atoms with E-state index in [0.29, 0.717) is 5.75 Å². The van der Waals surface area contributed by atoms with E-state index in [1.807, 2.05) is 42.5 Å². The Morgan fingerprint density at radius 3 is 1.93 bits per heavy atom. The van der Waals surface area contributed by atoms with E-state index in [0.717, 1.165) is 0 Å². The zero-order chi connectivity index (χ0) is 10.5. The lowest BCUT2D eigenvalue weighted by Gasteiger charge is -2.03. The molecule has 0 saturated carbocycles. The first-order valence-corrected chi connectivity index (χ1v) is 4.76. The maximum atomic E-state index is 4.90. The maximum absolute atomic E-state index is 4.90. The highest BCUT2D eigenvalue weighted by molar-refractivity contribution is 5.63. The van der Waals surface area contributed by atoms with Crippen molar-refractivity contribution in [1.29, 1.82) is 0 Å². The minimum atomic E-state index is 0.706. The fourth-order valence-corrected chi connectivity index (χ4v) is 1.43. The van der Waals surface area contributed by atoms with Crippen LogP contribution in [0.5, 0.6) is 5.75 Å². The molecule has 2 heteroatoms. The van der Waals surface area contributed by atoms with Crippen molar-refractivity contribution >= 4 is 0 Å². The standard InChI is InChI=1S/C13H12O2/c1-14-15-13-9-7-12(8-10-13)11-5-3-2-4-6-11/h2-10H,1H3. The first kappa shape index (κ1) is 9.74. The zero-order valence-electron chi connectivity index (χ0n) is 8.51. The van der Waals surface area contributed by atoms with Crippen molar-refractivity contribution in [3.05, 3.63) is 54.6 Å². The van der Waals surface area contributed by atoms with Crippen LogP contribution in [0.1, 0.15) is 0 Å². The van der Waals surface area contributed by atoms with Crippen LogP contribution in [0.3, 0.4) is 0 Å². The van der Waals surface area contributed by atoms with Gasteiger partial charge in [0.2, 0.25) is 0 Å². The summed E-state index contributed by atoms with van der Waals surface area (Å²) in [5, 5.41) is 0. The molecule has 0 heterocycles. The molecule has 15 heavy (non-hydrogen) atoms. The van der Waals surface area contributed by atoms with Crippen molar-refractivity contribution in [2.75, 3.05) is 7.11 Å². The summed E-state index contributed by atoms with van der Waals surface area (Å²) in [5.74, 6) is 0.706. The average molecular weight is 200 g/mol. The van der Waals surface area contributed by atoms with Crippen molar-refractivity contribution in [3.8, 4) is 16.9 Å². The molecule has 0 saturated heterocycles. The summed E-state index contributed by atoms with van der Waals surface area (Å²) in [4.78, 5) is 9.47. The van der Waals surface area contributed by atoms with Crippen molar-refractivity contribution < 1.29 is 9.78 Å². The lowest BCUT2D eigenvalue weighted by molar-refractivity contribution is -0.178. The largest absolute Gasteiger partial charge is 0.338 e. The molecule has 2 nitrogen and oxygen atoms in total. The Labute approximate surface area is 89.0 Å². The van der Waals surface area contributed by atoms with Gasteiger partial charge in [0.05, 0.1) is 7.11 Å². The molecule has 0 atom stereocenters. The summed E-state index contributed by atoms with van der Waals surface area (Å²) in [7, 11) is 1.49. The van der Waals surface area contributed by atoms with Crippen LogP contribution in [0.4, 0.5) is 0 Å². The number of hydrogen-bond acceptors (Lipinski definition) is 2. The number of hydrogen-bond donors (Lipinski definition) is 0. The molecule has 0 aliphatic rings. The Balaban J connectivity index is 2.24. The molecule has 0 amide bonds. The van der Waals surface area contributed by atoms with Gasteiger partial charge in [0.1, 0.15) is 0 Å². The molecule has 0 bridgehead atoms. The molecule has 0 aromatic heterocycles. The van der Waals surface area contributed by atoms with Crippen LogP contribution in [0.25, 0.3) is 11.1 Å². The highest BCUT2D eigenvalue weighted by Crippen LogP contribution is 2.21. The molecule has 0 unspecified atom stereocenters. The summed E-state index contributed by atoms with van der Waals surface area (Å²) >= 11 is 0. The minimum absolute atomic E-state index is 0.706. The van der Waals surface area contributed by atoms with Gasteiger partial charge >= 0.3 is 0 Å². The molecule has 2 rings (SSSR count). The summed E-state index contributed by atoms with van der Waals surface area (Å²) < 4.78 is 0. The maximum Gasteiger partial charge on any atom is 0.165 e. The van der Waals surface area contributed by atoms with E-state index in [9.17, 15) is 0 Å². The number of rotatable bonds is 3. The van der Waals surface area contributed by atoms with E-state index < -0.39 is 0 Å². The molecule has 76 valence electrons. The lowest BCUT2D eigenvalue weighted by Crippen LogP contribution is -1.89. The van der Waals surface area contributed by atoms with Crippen LogP contribution < -0.4 is 4.89 Å². The van der Waals surface area contributed by atoms with E-state index in [-0.39, 0.29) is 0 Å². The van der Waals surface area contributed by atoms with Gasteiger partial charge in [-0.15, -0.1) is 0 Å². The van der Waals surface area contributed by atoms with Gasteiger partial charge in [-0.25, -0.2) is 0 Å². The van der Waals surface area contributed by atoms with E-state index in [1.165, 1.54) is 18.2 Å². The van der Waals surface area contributed by atoms with Gasteiger partial charge in [-0.1, -0.05) is 42.5 Å². The Morgan fingerprint density at radius 1 is 0.733 bits per heavy atom. The highest BCUT2D eigenvalue weighted by atomic mass is 17.2. The Kier molecular flexibility index (Phi) is 3.00. The molecule has 0 radical (unpaired) electrons. The summed E-state index contributed by atoms with van der Waals surface area (Å²) in [6, 6.07) is 18.0. The predicted octanol–water partition coefficient (Wildman–Crippen LogP) is 3.29. The molecule has 0 N–H and O–H groups in total. The second kappa shape index (κ2) is 4.62. The minimum Gasteiger partial charge on any atom is -0.338 e. The van der Waals surface area contributed by atoms with Gasteiger partial charge in [-0.05, 0) is 23.3 Å². The van der Waals surface area contributed by atoms with Gasteiger partial charge in [0, 0.05) is 0 Å². The third kappa shape index (κ3) is 2.36. The smallest absolute Gasteiger partial charge is 0.165 e. The highest BCUT2D eigenvalue weighted by Gasteiger charge is 1.97. The summed E-state index contributed by atoms with van der Waals surface area (Å²) in [6.07, 6.45) is 0. The molecular weight excluding hydrogens is 188 g/mol. The van der Waals surface area contributed by atoms with Gasteiger partial charge < -0.3 is 4.89 Å². The third-order valence-corrected chi connectivity index (χ3v) is 2.14. The van der Waals surface area contributed by atoms with Crippen LogP contribution in [0.2, 0.25) is 0 Å². The van der Waals surface area contributed by atoms with Gasteiger partial charge in [-0.2, -0.15) is 4.89 Å². The Morgan fingerprint density at radius 2 is 1.33 bits per heavy atom. The molecular formula is C13H12O2. The fourth-order valence-electron chi connectivity index (χ4n) is 1.43.